The molecule has 0 aliphatic carbocycles. The lowest BCUT2D eigenvalue weighted by Gasteiger charge is -2.10. The zero-order chi connectivity index (χ0) is 15.8. The van der Waals surface area contributed by atoms with Crippen molar-refractivity contribution in [2.24, 2.45) is 5.92 Å². The number of amides is 1. The Labute approximate surface area is 130 Å². The molecule has 1 aromatic carbocycles. The van der Waals surface area contributed by atoms with Gasteiger partial charge < -0.3 is 15.4 Å². The van der Waals surface area contributed by atoms with Crippen molar-refractivity contribution in [3.63, 3.8) is 0 Å². The maximum Gasteiger partial charge on any atom is 0.337 e. The molecule has 0 saturated heterocycles. The molecule has 0 aliphatic rings. The molecule has 1 aromatic rings. The highest BCUT2D eigenvalue weighted by Crippen LogP contribution is 2.23. The smallest absolute Gasteiger partial charge is 0.337 e. The highest BCUT2D eigenvalue weighted by atomic mass is 35.5. The third-order valence-electron chi connectivity index (χ3n) is 2.85. The number of ether oxygens (including phenoxy) is 1. The van der Waals surface area contributed by atoms with E-state index in [1.807, 2.05) is 0 Å². The second-order valence-electron chi connectivity index (χ2n) is 5.09. The number of anilines is 1. The molecule has 1 rings (SSSR count). The maximum absolute atomic E-state index is 11.8. The number of carbonyl (C=O) groups is 2. The van der Waals surface area contributed by atoms with E-state index in [1.165, 1.54) is 13.2 Å². The van der Waals surface area contributed by atoms with Crippen LogP contribution in [-0.4, -0.2) is 32.1 Å². The van der Waals surface area contributed by atoms with Gasteiger partial charge >= 0.3 is 5.97 Å². The fourth-order valence-corrected chi connectivity index (χ4v) is 1.82. The van der Waals surface area contributed by atoms with E-state index in [2.05, 4.69) is 29.2 Å². The van der Waals surface area contributed by atoms with Crippen molar-refractivity contribution in [2.75, 3.05) is 25.5 Å². The molecule has 0 atom stereocenters. The summed E-state index contributed by atoms with van der Waals surface area (Å²) in [6.07, 6.45) is 1.01. The number of hydrogen-bond donors (Lipinski definition) is 2. The minimum absolute atomic E-state index is 0.200. The summed E-state index contributed by atoms with van der Waals surface area (Å²) >= 11 is 6.00. The van der Waals surface area contributed by atoms with Gasteiger partial charge in [0.15, 0.2) is 0 Å². The Bertz CT molecular complexity index is 504. The number of carbonyl (C=O) groups excluding carboxylic acids is 2. The summed E-state index contributed by atoms with van der Waals surface area (Å²) in [6, 6.07) is 4.60. The molecule has 116 valence electrons. The van der Waals surface area contributed by atoms with Crippen molar-refractivity contribution in [1.82, 2.24) is 5.32 Å². The molecule has 21 heavy (non-hydrogen) atoms. The minimum atomic E-state index is -0.475. The summed E-state index contributed by atoms with van der Waals surface area (Å²) < 4.78 is 4.63. The Balaban J connectivity index is 2.57. The molecule has 0 radical (unpaired) electrons. The molecule has 0 fully saturated rings. The number of benzene rings is 1. The zero-order valence-corrected chi connectivity index (χ0v) is 13.3. The predicted molar refractivity (Wildman–Crippen MR) is 83.7 cm³/mol. The number of esters is 1. The lowest BCUT2D eigenvalue weighted by molar-refractivity contribution is -0.115. The maximum atomic E-state index is 11.8. The number of methoxy groups -OCH3 is 1. The number of halogens is 1. The van der Waals surface area contributed by atoms with Gasteiger partial charge in [0.2, 0.25) is 5.91 Å². The predicted octanol–water partition coefficient (Wildman–Crippen LogP) is 2.70. The van der Waals surface area contributed by atoms with Crippen LogP contribution in [0.1, 0.15) is 30.6 Å². The first-order valence-corrected chi connectivity index (χ1v) is 7.20. The molecule has 0 spiro atoms. The lowest BCUT2D eigenvalue weighted by atomic mass is 10.1. The van der Waals surface area contributed by atoms with Crippen molar-refractivity contribution in [2.45, 2.75) is 20.3 Å². The molecular formula is C15H21ClN2O3. The molecule has 0 aliphatic heterocycles. The Morgan fingerprint density at radius 3 is 2.67 bits per heavy atom. The normalized spacial score (nSPS) is 10.5. The van der Waals surface area contributed by atoms with E-state index in [4.69, 9.17) is 11.6 Å². The lowest BCUT2D eigenvalue weighted by Crippen LogP contribution is -2.29. The van der Waals surface area contributed by atoms with Gasteiger partial charge in [0.05, 0.1) is 29.9 Å². The molecule has 2 N–H and O–H groups in total. The summed E-state index contributed by atoms with van der Waals surface area (Å²) in [5.74, 6) is -0.0911. The molecule has 5 nitrogen and oxygen atoms in total. The second-order valence-corrected chi connectivity index (χ2v) is 5.50. The van der Waals surface area contributed by atoms with Crippen LogP contribution in [0.15, 0.2) is 18.2 Å². The largest absolute Gasteiger partial charge is 0.465 e. The van der Waals surface area contributed by atoms with Gasteiger partial charge in [0, 0.05) is 0 Å². The van der Waals surface area contributed by atoms with Crippen molar-refractivity contribution in [3.8, 4) is 0 Å². The number of hydrogen-bond acceptors (Lipinski definition) is 4. The van der Waals surface area contributed by atoms with E-state index in [-0.39, 0.29) is 12.5 Å². The van der Waals surface area contributed by atoms with Gasteiger partial charge in [-0.15, -0.1) is 0 Å². The Kier molecular flexibility index (Phi) is 7.19. The van der Waals surface area contributed by atoms with Crippen LogP contribution < -0.4 is 10.6 Å². The van der Waals surface area contributed by atoms with E-state index in [1.54, 1.807) is 12.1 Å². The van der Waals surface area contributed by atoms with E-state index in [9.17, 15) is 9.59 Å². The van der Waals surface area contributed by atoms with Crippen molar-refractivity contribution < 1.29 is 14.3 Å². The van der Waals surface area contributed by atoms with Crippen LogP contribution in [-0.2, 0) is 9.53 Å². The van der Waals surface area contributed by atoms with Gasteiger partial charge in [-0.25, -0.2) is 4.79 Å². The molecule has 6 heteroatoms. The van der Waals surface area contributed by atoms with Crippen molar-refractivity contribution in [3.05, 3.63) is 28.8 Å². The molecule has 0 unspecified atom stereocenters. The summed E-state index contributed by atoms with van der Waals surface area (Å²) in [4.78, 5) is 23.3. The average Bonchev–Trinajstić information content (AvgIpc) is 2.45. The van der Waals surface area contributed by atoms with Gasteiger partial charge in [0.1, 0.15) is 0 Å². The molecule has 0 saturated carbocycles. The molecule has 0 bridgehead atoms. The summed E-state index contributed by atoms with van der Waals surface area (Å²) in [6.45, 7) is 5.23. The Morgan fingerprint density at radius 2 is 2.05 bits per heavy atom. The van der Waals surface area contributed by atoms with Crippen LogP contribution in [0.4, 0.5) is 5.69 Å². The third kappa shape index (κ3) is 6.14. The average molecular weight is 313 g/mol. The highest BCUT2D eigenvalue weighted by Gasteiger charge is 2.11. The first kappa shape index (κ1) is 17.5. The number of rotatable bonds is 7. The van der Waals surface area contributed by atoms with Crippen LogP contribution >= 0.6 is 11.6 Å². The van der Waals surface area contributed by atoms with Gasteiger partial charge in [-0.3, -0.25) is 4.79 Å². The van der Waals surface area contributed by atoms with Gasteiger partial charge in [-0.1, -0.05) is 25.4 Å². The topological polar surface area (TPSA) is 67.4 Å². The fraction of sp³-hybridized carbons (Fsp3) is 0.467. The van der Waals surface area contributed by atoms with E-state index >= 15 is 0 Å². The van der Waals surface area contributed by atoms with Crippen molar-refractivity contribution in [1.29, 1.82) is 0 Å². The van der Waals surface area contributed by atoms with Gasteiger partial charge in [0.25, 0.3) is 0 Å². The highest BCUT2D eigenvalue weighted by molar-refractivity contribution is 6.33. The van der Waals surface area contributed by atoms with E-state index in [0.717, 1.165) is 13.0 Å². The molecule has 0 aromatic heterocycles. The summed E-state index contributed by atoms with van der Waals surface area (Å²) in [7, 11) is 1.30. The monoisotopic (exact) mass is 312 g/mol. The van der Waals surface area contributed by atoms with E-state index < -0.39 is 5.97 Å². The van der Waals surface area contributed by atoms with Crippen LogP contribution in [0.25, 0.3) is 0 Å². The zero-order valence-electron chi connectivity index (χ0n) is 12.5. The minimum Gasteiger partial charge on any atom is -0.465 e. The van der Waals surface area contributed by atoms with Crippen LogP contribution in [0.3, 0.4) is 0 Å². The summed E-state index contributed by atoms with van der Waals surface area (Å²) in [5, 5.41) is 6.11. The standard InChI is InChI=1S/C15H21ClN2O3/c1-10(2)6-7-17-9-14(19)18-13-8-11(15(20)21-3)4-5-12(13)16/h4-5,8,10,17H,6-7,9H2,1-3H3,(H,18,19). The SMILES string of the molecule is COC(=O)c1ccc(Cl)c(NC(=O)CNCCC(C)C)c1. The van der Waals surface area contributed by atoms with Crippen LogP contribution in [0.2, 0.25) is 5.02 Å². The van der Waals surface area contributed by atoms with Gasteiger partial charge in [-0.05, 0) is 37.1 Å². The van der Waals surface area contributed by atoms with Crippen molar-refractivity contribution >= 4 is 29.2 Å². The first-order valence-electron chi connectivity index (χ1n) is 6.82. The summed E-state index contributed by atoms with van der Waals surface area (Å²) in [5.41, 5.74) is 0.736. The molecule has 0 heterocycles. The molecule has 1 amide bonds. The first-order chi connectivity index (χ1) is 9.93. The van der Waals surface area contributed by atoms with E-state index in [0.29, 0.717) is 22.2 Å². The Hall–Kier alpha value is -1.59. The number of nitrogens with one attached hydrogen (secondary N) is 2. The van der Waals surface area contributed by atoms with Gasteiger partial charge in [-0.2, -0.15) is 0 Å². The van der Waals surface area contributed by atoms with Crippen LogP contribution in [0, 0.1) is 5.92 Å². The Morgan fingerprint density at radius 1 is 1.33 bits per heavy atom. The molecular weight excluding hydrogens is 292 g/mol. The fourth-order valence-electron chi connectivity index (χ4n) is 1.65. The quantitative estimate of drug-likeness (QED) is 0.600. The van der Waals surface area contributed by atoms with Crippen LogP contribution in [0.5, 0.6) is 0 Å². The third-order valence-corrected chi connectivity index (χ3v) is 3.18. The second kappa shape index (κ2) is 8.64.